The van der Waals surface area contributed by atoms with Crippen molar-refractivity contribution in [2.75, 3.05) is 10.6 Å². The van der Waals surface area contributed by atoms with E-state index in [2.05, 4.69) is 39.9 Å². The molecule has 4 aromatic rings. The van der Waals surface area contributed by atoms with Crippen LogP contribution in [-0.4, -0.2) is 10.9 Å². The van der Waals surface area contributed by atoms with E-state index < -0.39 is 0 Å². The number of rotatable bonds is 6. The number of aromatic nitrogens is 1. The highest BCUT2D eigenvalue weighted by Crippen LogP contribution is 2.44. The molecule has 2 aromatic carbocycles. The number of hydrogen-bond donors (Lipinski definition) is 2. The maximum absolute atomic E-state index is 13.1. The summed E-state index contributed by atoms with van der Waals surface area (Å²) in [7, 11) is 0. The largest absolute Gasteiger partial charge is 0.359 e. The highest BCUT2D eigenvalue weighted by atomic mass is 32.1. The van der Waals surface area contributed by atoms with Crippen LogP contribution in [0.4, 0.5) is 10.8 Å². The molecule has 0 radical (unpaired) electrons. The Kier molecular flexibility index (Phi) is 5.99. The van der Waals surface area contributed by atoms with Crippen LogP contribution in [0.1, 0.15) is 50.8 Å². The van der Waals surface area contributed by atoms with Crippen LogP contribution in [0, 0.1) is 0 Å². The first-order valence-corrected chi connectivity index (χ1v) is 11.8. The quantitative estimate of drug-likeness (QED) is 0.362. The van der Waals surface area contributed by atoms with Crippen LogP contribution in [-0.2, 0) is 12.8 Å². The maximum Gasteiger partial charge on any atom is 0.256 e. The van der Waals surface area contributed by atoms with Crippen LogP contribution in [0.15, 0.2) is 85.1 Å². The summed E-state index contributed by atoms with van der Waals surface area (Å²) in [4.78, 5) is 19.0. The molecule has 0 saturated heterocycles. The van der Waals surface area contributed by atoms with Crippen LogP contribution in [0.25, 0.3) is 0 Å². The van der Waals surface area contributed by atoms with Crippen molar-refractivity contribution < 1.29 is 4.79 Å². The first kappa shape index (κ1) is 20.5. The van der Waals surface area contributed by atoms with Crippen LogP contribution < -0.4 is 10.6 Å². The molecule has 1 amide bonds. The lowest BCUT2D eigenvalue weighted by Gasteiger charge is -2.24. The number of hydrogen-bond acceptors (Lipinski definition) is 4. The summed E-state index contributed by atoms with van der Waals surface area (Å²) in [5.41, 5.74) is 4.37. The SMILES string of the molecule is O=C(Nc1sc2c(c1[C@@H](Nc1ccccn1)c1ccccc1)CCCC2)c1ccccc1. The Morgan fingerprint density at radius 2 is 1.59 bits per heavy atom. The second kappa shape index (κ2) is 9.37. The number of nitrogens with one attached hydrogen (secondary N) is 2. The Morgan fingerprint density at radius 1 is 0.875 bits per heavy atom. The molecule has 1 atom stereocenters. The molecule has 0 spiro atoms. The van der Waals surface area contributed by atoms with Crippen molar-refractivity contribution in [1.29, 1.82) is 0 Å². The molecule has 1 aliphatic rings. The Bertz CT molecular complexity index is 1190. The number of aryl methyl sites for hydroxylation is 1. The molecular weight excluding hydrogens is 414 g/mol. The van der Waals surface area contributed by atoms with E-state index >= 15 is 0 Å². The third-order valence-corrected chi connectivity index (χ3v) is 7.08. The average Bonchev–Trinajstić information content (AvgIpc) is 3.22. The lowest BCUT2D eigenvalue weighted by atomic mass is 9.89. The summed E-state index contributed by atoms with van der Waals surface area (Å²) >= 11 is 1.73. The number of carbonyl (C=O) groups is 1. The minimum atomic E-state index is -0.102. The van der Waals surface area contributed by atoms with Gasteiger partial charge in [0.2, 0.25) is 0 Å². The van der Waals surface area contributed by atoms with Crippen molar-refractivity contribution in [3.8, 4) is 0 Å². The normalized spacial score (nSPS) is 13.8. The van der Waals surface area contributed by atoms with Gasteiger partial charge in [-0.15, -0.1) is 11.3 Å². The summed E-state index contributed by atoms with van der Waals surface area (Å²) in [6.07, 6.45) is 6.27. The Hall–Kier alpha value is -3.44. The van der Waals surface area contributed by atoms with Crippen LogP contribution in [0.5, 0.6) is 0 Å². The Labute approximate surface area is 192 Å². The van der Waals surface area contributed by atoms with E-state index in [0.717, 1.165) is 29.2 Å². The molecule has 2 aromatic heterocycles. The number of carbonyl (C=O) groups excluding carboxylic acids is 1. The zero-order valence-electron chi connectivity index (χ0n) is 17.8. The number of benzene rings is 2. The van der Waals surface area contributed by atoms with Gasteiger partial charge < -0.3 is 10.6 Å². The van der Waals surface area contributed by atoms with Gasteiger partial charge in [0.1, 0.15) is 10.8 Å². The second-order valence-corrected chi connectivity index (χ2v) is 9.08. The number of fused-ring (bicyclic) bond motifs is 1. The predicted molar refractivity (Wildman–Crippen MR) is 132 cm³/mol. The van der Waals surface area contributed by atoms with Gasteiger partial charge in [0.05, 0.1) is 6.04 Å². The molecule has 0 unspecified atom stereocenters. The van der Waals surface area contributed by atoms with Crippen molar-refractivity contribution in [3.05, 3.63) is 112 Å². The number of anilines is 2. The fourth-order valence-corrected chi connectivity index (χ4v) is 5.64. The lowest BCUT2D eigenvalue weighted by Crippen LogP contribution is -2.18. The van der Waals surface area contributed by atoms with Gasteiger partial charge in [-0.25, -0.2) is 4.98 Å². The summed E-state index contributed by atoms with van der Waals surface area (Å²) in [5, 5.41) is 7.82. The van der Waals surface area contributed by atoms with E-state index in [-0.39, 0.29) is 11.9 Å². The lowest BCUT2D eigenvalue weighted by molar-refractivity contribution is 0.102. The molecule has 0 fully saturated rings. The molecule has 160 valence electrons. The monoisotopic (exact) mass is 439 g/mol. The topological polar surface area (TPSA) is 54.0 Å². The van der Waals surface area contributed by atoms with Gasteiger partial charge in [-0.05, 0) is 61.1 Å². The van der Waals surface area contributed by atoms with Crippen LogP contribution in [0.3, 0.4) is 0 Å². The molecule has 0 bridgehead atoms. The van der Waals surface area contributed by atoms with Crippen molar-refractivity contribution in [3.63, 3.8) is 0 Å². The average molecular weight is 440 g/mol. The van der Waals surface area contributed by atoms with Gasteiger partial charge in [0.25, 0.3) is 5.91 Å². The van der Waals surface area contributed by atoms with Crippen molar-refractivity contribution in [2.24, 2.45) is 0 Å². The second-order valence-electron chi connectivity index (χ2n) is 7.98. The number of nitrogens with zero attached hydrogens (tertiary/aromatic N) is 1. The fourth-order valence-electron chi connectivity index (χ4n) is 4.32. The van der Waals surface area contributed by atoms with E-state index in [0.29, 0.717) is 5.56 Å². The van der Waals surface area contributed by atoms with Gasteiger partial charge in [-0.2, -0.15) is 0 Å². The first-order valence-electron chi connectivity index (χ1n) is 11.0. The summed E-state index contributed by atoms with van der Waals surface area (Å²) in [6.45, 7) is 0. The molecule has 5 heteroatoms. The summed E-state index contributed by atoms with van der Waals surface area (Å²) in [6, 6.07) is 25.6. The third kappa shape index (κ3) is 4.30. The van der Waals surface area contributed by atoms with Gasteiger partial charge in [0.15, 0.2) is 0 Å². The standard InChI is InChI=1S/C27H25N3OS/c31-26(20-13-5-2-6-14-20)30-27-24(21-15-7-8-16-22(21)32-27)25(19-11-3-1-4-12-19)29-23-17-9-10-18-28-23/h1-6,9-14,17-18,25H,7-8,15-16H2,(H,28,29)(H,30,31)/t25-/m0/s1. The van der Waals surface area contributed by atoms with Gasteiger partial charge in [0, 0.05) is 22.2 Å². The minimum Gasteiger partial charge on any atom is -0.359 e. The van der Waals surface area contributed by atoms with Gasteiger partial charge in [-0.1, -0.05) is 54.6 Å². The first-order chi connectivity index (χ1) is 15.8. The third-order valence-electron chi connectivity index (χ3n) is 5.85. The van der Waals surface area contributed by atoms with Gasteiger partial charge >= 0.3 is 0 Å². The number of amides is 1. The van der Waals surface area contributed by atoms with Gasteiger partial charge in [-0.3, -0.25) is 4.79 Å². The Morgan fingerprint density at radius 3 is 2.34 bits per heavy atom. The molecular formula is C27H25N3OS. The molecule has 5 rings (SSSR count). The highest BCUT2D eigenvalue weighted by molar-refractivity contribution is 7.16. The molecule has 1 aliphatic carbocycles. The zero-order valence-corrected chi connectivity index (χ0v) is 18.6. The molecule has 2 N–H and O–H groups in total. The molecule has 2 heterocycles. The van der Waals surface area contributed by atoms with E-state index in [1.54, 1.807) is 17.5 Å². The van der Waals surface area contributed by atoms with E-state index in [1.807, 2.05) is 54.6 Å². The molecule has 0 aliphatic heterocycles. The van der Waals surface area contributed by atoms with Crippen LogP contribution in [0.2, 0.25) is 0 Å². The molecule has 32 heavy (non-hydrogen) atoms. The zero-order chi connectivity index (χ0) is 21.8. The predicted octanol–water partition coefficient (Wildman–Crippen LogP) is 6.48. The molecule has 0 saturated carbocycles. The van der Waals surface area contributed by atoms with Crippen molar-refractivity contribution in [1.82, 2.24) is 4.98 Å². The fraction of sp³-hybridized carbons (Fsp3) is 0.185. The van der Waals surface area contributed by atoms with E-state index in [1.165, 1.54) is 28.8 Å². The minimum absolute atomic E-state index is 0.0740. The maximum atomic E-state index is 13.1. The number of pyridine rings is 1. The number of thiophene rings is 1. The van der Waals surface area contributed by atoms with E-state index in [4.69, 9.17) is 0 Å². The van der Waals surface area contributed by atoms with Crippen molar-refractivity contribution in [2.45, 2.75) is 31.7 Å². The smallest absolute Gasteiger partial charge is 0.256 e. The summed E-state index contributed by atoms with van der Waals surface area (Å²) in [5.74, 6) is 0.743. The highest BCUT2D eigenvalue weighted by Gasteiger charge is 2.28. The van der Waals surface area contributed by atoms with Crippen LogP contribution >= 0.6 is 11.3 Å². The van der Waals surface area contributed by atoms with Crippen molar-refractivity contribution >= 4 is 28.1 Å². The Balaban J connectivity index is 1.59. The van der Waals surface area contributed by atoms with E-state index in [9.17, 15) is 4.79 Å². The molecule has 4 nitrogen and oxygen atoms in total. The summed E-state index contributed by atoms with van der Waals surface area (Å²) < 4.78 is 0.